The molecule has 0 aromatic carbocycles. The van der Waals surface area contributed by atoms with Gasteiger partial charge in [-0.15, -0.1) is 0 Å². The number of hydrogen-bond donors (Lipinski definition) is 0. The number of hydrogen-bond acceptors (Lipinski definition) is 0. The first kappa shape index (κ1) is 17.4. The van der Waals surface area contributed by atoms with Crippen LogP contribution in [0.25, 0.3) is 0 Å². The first-order chi connectivity index (χ1) is 6.91. The minimum atomic E-state index is 0. The zero-order valence-electron chi connectivity index (χ0n) is 10.5. The van der Waals surface area contributed by atoms with E-state index in [0.717, 1.165) is 0 Å². The maximum Gasteiger partial charge on any atom is -0.0533 e. The molecule has 0 rings (SSSR count). The monoisotopic (exact) mass is 214 g/mol. The van der Waals surface area contributed by atoms with E-state index in [1.807, 2.05) is 0 Å². The lowest BCUT2D eigenvalue weighted by molar-refractivity contribution is 0.548. The van der Waals surface area contributed by atoms with Crippen LogP contribution in [0.2, 0.25) is 0 Å². The molecule has 0 atom stereocenters. The molecule has 0 saturated heterocycles. The van der Waals surface area contributed by atoms with Crippen molar-refractivity contribution in [2.75, 3.05) is 0 Å². The van der Waals surface area contributed by atoms with E-state index in [9.17, 15) is 0 Å². The van der Waals surface area contributed by atoms with Gasteiger partial charge in [0, 0.05) is 0 Å². The summed E-state index contributed by atoms with van der Waals surface area (Å²) in [7, 11) is 0. The van der Waals surface area contributed by atoms with Gasteiger partial charge in [0.15, 0.2) is 0 Å². The van der Waals surface area contributed by atoms with Crippen LogP contribution in [0.4, 0.5) is 0 Å². The third-order valence-corrected chi connectivity index (χ3v) is 2.96. The molecule has 0 spiro atoms. The van der Waals surface area contributed by atoms with Gasteiger partial charge in [-0.25, -0.2) is 0 Å². The summed E-state index contributed by atoms with van der Waals surface area (Å²) >= 11 is 0. The maximum atomic E-state index is 2.29. The topological polar surface area (TPSA) is 0 Å². The third-order valence-electron chi connectivity index (χ3n) is 2.96. The molecule has 0 amide bonds. The van der Waals surface area contributed by atoms with Gasteiger partial charge in [-0.2, -0.15) is 0 Å². The van der Waals surface area contributed by atoms with Crippen molar-refractivity contribution >= 4 is 0 Å². The molecule has 0 bridgehead atoms. The average molecular weight is 214 g/mol. The molecule has 0 nitrogen and oxygen atoms in total. The van der Waals surface area contributed by atoms with Gasteiger partial charge in [-0.05, 0) is 0 Å². The van der Waals surface area contributed by atoms with Crippen molar-refractivity contribution in [1.29, 1.82) is 0 Å². The fourth-order valence-electron chi connectivity index (χ4n) is 1.91. The van der Waals surface area contributed by atoms with Gasteiger partial charge in [0.1, 0.15) is 0 Å². The van der Waals surface area contributed by atoms with Crippen molar-refractivity contribution in [2.45, 2.75) is 98.3 Å². The molecular formula is C15H34. The lowest BCUT2D eigenvalue weighted by Crippen LogP contribution is -1.81. The van der Waals surface area contributed by atoms with Crippen molar-refractivity contribution in [3.05, 3.63) is 0 Å². The Bertz CT molecular complexity index is 74.0. The van der Waals surface area contributed by atoms with Gasteiger partial charge < -0.3 is 0 Å². The molecule has 0 fully saturated rings. The second kappa shape index (κ2) is 16.4. The highest BCUT2D eigenvalue weighted by Crippen LogP contribution is 2.11. The highest BCUT2D eigenvalue weighted by Gasteiger charge is 1.91. The van der Waals surface area contributed by atoms with Crippen LogP contribution in [-0.2, 0) is 0 Å². The molecule has 0 N–H and O–H groups in total. The van der Waals surface area contributed by atoms with Gasteiger partial charge in [0.25, 0.3) is 0 Å². The van der Waals surface area contributed by atoms with Crippen molar-refractivity contribution in [3.8, 4) is 0 Å². The van der Waals surface area contributed by atoms with Crippen LogP contribution in [-0.4, -0.2) is 0 Å². The van der Waals surface area contributed by atoms with E-state index < -0.39 is 0 Å². The minimum absolute atomic E-state index is 0. The van der Waals surface area contributed by atoms with Crippen molar-refractivity contribution in [1.82, 2.24) is 0 Å². The molecule has 0 aromatic heterocycles. The van der Waals surface area contributed by atoms with Crippen LogP contribution in [0.15, 0.2) is 0 Å². The molecule has 15 heavy (non-hydrogen) atoms. The van der Waals surface area contributed by atoms with Crippen LogP contribution >= 0.6 is 0 Å². The average Bonchev–Trinajstić information content (AvgIpc) is 2.21. The van der Waals surface area contributed by atoms with E-state index in [-0.39, 0.29) is 7.43 Å². The van der Waals surface area contributed by atoms with Crippen LogP contribution in [0, 0.1) is 0 Å². The number of unbranched alkanes of at least 4 members (excludes halogenated alkanes) is 11. The normalized spacial score (nSPS) is 10.0. The molecule has 0 aliphatic carbocycles. The Morgan fingerprint density at radius 3 is 0.800 bits per heavy atom. The fraction of sp³-hybridized carbons (Fsp3) is 1.00. The quantitative estimate of drug-likeness (QED) is 0.352. The third kappa shape index (κ3) is 16.7. The van der Waals surface area contributed by atoms with E-state index in [0.29, 0.717) is 0 Å². The van der Waals surface area contributed by atoms with Crippen LogP contribution in [0.5, 0.6) is 0 Å². The summed E-state index contributed by atoms with van der Waals surface area (Å²) in [5, 5.41) is 0. The van der Waals surface area contributed by atoms with E-state index in [1.165, 1.54) is 77.0 Å². The Kier molecular flexibility index (Phi) is 19.1. The zero-order chi connectivity index (χ0) is 10.5. The summed E-state index contributed by atoms with van der Waals surface area (Å²) in [6, 6.07) is 0. The maximum absolute atomic E-state index is 2.29. The molecule has 94 valence electrons. The molecule has 0 aliphatic heterocycles. The second-order valence-corrected chi connectivity index (χ2v) is 4.54. The van der Waals surface area contributed by atoms with Gasteiger partial charge in [-0.3, -0.25) is 0 Å². The Morgan fingerprint density at radius 1 is 0.400 bits per heavy atom. The Morgan fingerprint density at radius 2 is 0.600 bits per heavy atom. The SMILES string of the molecule is C.CCCCCCCCCCCCCC. The largest absolute Gasteiger partial charge is 0.0776 e. The van der Waals surface area contributed by atoms with Gasteiger partial charge >= 0.3 is 0 Å². The fourth-order valence-corrected chi connectivity index (χ4v) is 1.91. The molecule has 0 radical (unpaired) electrons. The van der Waals surface area contributed by atoms with E-state index in [2.05, 4.69) is 13.8 Å². The molecular weight excluding hydrogens is 180 g/mol. The first-order valence-electron chi connectivity index (χ1n) is 6.91. The Labute approximate surface area is 98.9 Å². The van der Waals surface area contributed by atoms with Gasteiger partial charge in [0.05, 0.1) is 0 Å². The molecule has 0 unspecified atom stereocenters. The molecule has 0 aliphatic rings. The Hall–Kier alpha value is 0. The first-order valence-corrected chi connectivity index (χ1v) is 6.91. The highest BCUT2D eigenvalue weighted by molar-refractivity contribution is 4.47. The van der Waals surface area contributed by atoms with Crippen LogP contribution in [0.1, 0.15) is 98.3 Å². The Balaban J connectivity index is 0. The predicted octanol–water partition coefficient (Wildman–Crippen LogP) is 6.34. The predicted molar refractivity (Wildman–Crippen MR) is 73.5 cm³/mol. The molecule has 0 heterocycles. The van der Waals surface area contributed by atoms with E-state index in [1.54, 1.807) is 0 Å². The van der Waals surface area contributed by atoms with E-state index in [4.69, 9.17) is 0 Å². The van der Waals surface area contributed by atoms with E-state index >= 15 is 0 Å². The second-order valence-electron chi connectivity index (χ2n) is 4.54. The zero-order valence-corrected chi connectivity index (χ0v) is 10.5. The standard InChI is InChI=1S/C14H30.CH4/c1-3-5-7-9-11-13-14-12-10-8-6-4-2;/h3-14H2,1-2H3;1H4. The molecule has 0 saturated carbocycles. The summed E-state index contributed by atoms with van der Waals surface area (Å²) in [5.74, 6) is 0. The van der Waals surface area contributed by atoms with Gasteiger partial charge in [0.2, 0.25) is 0 Å². The molecule has 0 aromatic rings. The van der Waals surface area contributed by atoms with Crippen LogP contribution in [0.3, 0.4) is 0 Å². The van der Waals surface area contributed by atoms with Crippen molar-refractivity contribution in [2.24, 2.45) is 0 Å². The lowest BCUT2D eigenvalue weighted by Gasteiger charge is -2.01. The number of rotatable bonds is 11. The summed E-state index contributed by atoms with van der Waals surface area (Å²) in [6.45, 7) is 4.57. The summed E-state index contributed by atoms with van der Waals surface area (Å²) in [6.07, 6.45) is 17.4. The summed E-state index contributed by atoms with van der Waals surface area (Å²) in [5.41, 5.74) is 0. The smallest absolute Gasteiger partial charge is 0.0533 e. The van der Waals surface area contributed by atoms with Crippen LogP contribution < -0.4 is 0 Å². The van der Waals surface area contributed by atoms with Crippen molar-refractivity contribution < 1.29 is 0 Å². The summed E-state index contributed by atoms with van der Waals surface area (Å²) in [4.78, 5) is 0. The van der Waals surface area contributed by atoms with Gasteiger partial charge in [-0.1, -0.05) is 98.3 Å². The lowest BCUT2D eigenvalue weighted by atomic mass is 10.1. The summed E-state index contributed by atoms with van der Waals surface area (Å²) < 4.78 is 0. The highest BCUT2D eigenvalue weighted by atomic mass is 14.0. The van der Waals surface area contributed by atoms with Crippen molar-refractivity contribution in [3.63, 3.8) is 0 Å². The molecule has 0 heteroatoms. The minimum Gasteiger partial charge on any atom is -0.0776 e.